The van der Waals surface area contributed by atoms with Crippen molar-refractivity contribution in [1.82, 2.24) is 20.4 Å². The van der Waals surface area contributed by atoms with Crippen LogP contribution in [0.1, 0.15) is 92.4 Å². The number of aryl methyl sites for hydroxylation is 1. The molecule has 3 unspecified atom stereocenters. The molecule has 6 nitrogen and oxygen atoms in total. The lowest BCUT2D eigenvalue weighted by Crippen LogP contribution is -2.16. The van der Waals surface area contributed by atoms with Crippen LogP contribution in [0.4, 0.5) is 5.82 Å². The monoisotopic (exact) mass is 471 g/mol. The second-order valence-corrected chi connectivity index (χ2v) is 10.1. The number of anilines is 1. The SMILES string of the molecule is CCC(C)Cc1ccc(C2CCCCC(c3ccc(NC(=O)Cc4cccc(C)c4)nn3)C2)nn1. The summed E-state index contributed by atoms with van der Waals surface area (Å²) in [7, 11) is 0. The van der Waals surface area contributed by atoms with Crippen molar-refractivity contribution in [3.8, 4) is 0 Å². The van der Waals surface area contributed by atoms with E-state index in [1.165, 1.54) is 12.8 Å². The first-order valence-corrected chi connectivity index (χ1v) is 13.0. The average Bonchev–Trinajstić information content (AvgIpc) is 3.11. The van der Waals surface area contributed by atoms with Crippen LogP contribution in [-0.4, -0.2) is 26.3 Å². The Balaban J connectivity index is 1.37. The Morgan fingerprint density at radius 3 is 2.29 bits per heavy atom. The van der Waals surface area contributed by atoms with Gasteiger partial charge in [0.05, 0.1) is 23.5 Å². The third kappa shape index (κ3) is 7.17. The van der Waals surface area contributed by atoms with Gasteiger partial charge in [-0.3, -0.25) is 4.79 Å². The van der Waals surface area contributed by atoms with Crippen molar-refractivity contribution in [1.29, 1.82) is 0 Å². The predicted molar refractivity (Wildman–Crippen MR) is 139 cm³/mol. The van der Waals surface area contributed by atoms with Gasteiger partial charge in [-0.2, -0.15) is 15.3 Å². The van der Waals surface area contributed by atoms with Crippen LogP contribution in [0, 0.1) is 12.8 Å². The number of carbonyl (C=O) groups is 1. The minimum atomic E-state index is -0.0810. The molecule has 1 fully saturated rings. The molecule has 1 amide bonds. The summed E-state index contributed by atoms with van der Waals surface area (Å²) < 4.78 is 0. The van der Waals surface area contributed by atoms with Gasteiger partial charge in [0.1, 0.15) is 0 Å². The van der Waals surface area contributed by atoms with Crippen LogP contribution in [0.5, 0.6) is 0 Å². The Morgan fingerprint density at radius 1 is 0.971 bits per heavy atom. The average molecular weight is 472 g/mol. The first-order valence-electron chi connectivity index (χ1n) is 13.0. The van der Waals surface area contributed by atoms with E-state index in [1.807, 2.05) is 43.3 Å². The number of hydrogen-bond donors (Lipinski definition) is 1. The maximum absolute atomic E-state index is 12.4. The first kappa shape index (κ1) is 25.0. The lowest BCUT2D eigenvalue weighted by molar-refractivity contribution is -0.115. The predicted octanol–water partition coefficient (Wildman–Crippen LogP) is 6.18. The van der Waals surface area contributed by atoms with Gasteiger partial charge in [0.15, 0.2) is 5.82 Å². The number of hydrogen-bond acceptors (Lipinski definition) is 5. The molecule has 0 aliphatic heterocycles. The van der Waals surface area contributed by atoms with Crippen molar-refractivity contribution in [3.63, 3.8) is 0 Å². The van der Waals surface area contributed by atoms with Gasteiger partial charge in [-0.25, -0.2) is 0 Å². The number of rotatable bonds is 8. The fourth-order valence-electron chi connectivity index (χ4n) is 4.92. The number of amides is 1. The molecule has 1 aliphatic rings. The molecule has 6 heteroatoms. The van der Waals surface area contributed by atoms with Gasteiger partial charge in [0.25, 0.3) is 0 Å². The van der Waals surface area contributed by atoms with Crippen LogP contribution in [0.3, 0.4) is 0 Å². The second-order valence-electron chi connectivity index (χ2n) is 10.1. The Hall–Kier alpha value is -3.15. The number of nitrogens with one attached hydrogen (secondary N) is 1. The third-order valence-corrected chi connectivity index (χ3v) is 7.16. The molecule has 2 aromatic heterocycles. The van der Waals surface area contributed by atoms with Crippen LogP contribution in [0.15, 0.2) is 48.5 Å². The molecule has 0 saturated heterocycles. The Bertz CT molecular complexity index is 1100. The topological polar surface area (TPSA) is 80.7 Å². The lowest BCUT2D eigenvalue weighted by Gasteiger charge is -2.19. The Kier molecular flexibility index (Phi) is 8.56. The molecule has 0 bridgehead atoms. The van der Waals surface area contributed by atoms with E-state index in [0.717, 1.165) is 60.3 Å². The summed E-state index contributed by atoms with van der Waals surface area (Å²) in [4.78, 5) is 12.4. The molecule has 3 atom stereocenters. The van der Waals surface area contributed by atoms with E-state index in [1.54, 1.807) is 0 Å². The van der Waals surface area contributed by atoms with E-state index in [9.17, 15) is 4.79 Å². The van der Waals surface area contributed by atoms with Crippen molar-refractivity contribution in [2.75, 3.05) is 5.32 Å². The fraction of sp³-hybridized carbons (Fsp3) is 0.483. The fourth-order valence-corrected chi connectivity index (χ4v) is 4.92. The van der Waals surface area contributed by atoms with E-state index in [-0.39, 0.29) is 5.91 Å². The smallest absolute Gasteiger partial charge is 0.229 e. The molecule has 1 saturated carbocycles. The first-order chi connectivity index (χ1) is 17.0. The highest BCUT2D eigenvalue weighted by Gasteiger charge is 2.25. The zero-order chi connectivity index (χ0) is 24.6. The van der Waals surface area contributed by atoms with Crippen LogP contribution in [0.2, 0.25) is 0 Å². The summed E-state index contributed by atoms with van der Waals surface area (Å²) in [6.45, 7) is 6.50. The standard InChI is InChI=1S/C29H37N5O/c1-4-20(2)17-25-12-13-26(32-31-25)23-10-5-6-11-24(19-23)27-14-15-28(34-33-27)30-29(35)18-22-9-7-8-21(3)16-22/h7-9,12-16,20,23-24H,4-6,10-11,17-19H2,1-3H3,(H,30,34,35). The Labute approximate surface area is 209 Å². The molecule has 0 spiro atoms. The van der Waals surface area contributed by atoms with Crippen molar-refractivity contribution in [2.45, 2.75) is 84.0 Å². The van der Waals surface area contributed by atoms with E-state index in [0.29, 0.717) is 30.0 Å². The maximum Gasteiger partial charge on any atom is 0.229 e. The van der Waals surface area contributed by atoms with E-state index in [4.69, 9.17) is 0 Å². The van der Waals surface area contributed by atoms with E-state index in [2.05, 4.69) is 51.7 Å². The molecular formula is C29H37N5O. The lowest BCUT2D eigenvalue weighted by atomic mass is 9.88. The van der Waals surface area contributed by atoms with Gasteiger partial charge in [-0.15, -0.1) is 5.10 Å². The summed E-state index contributed by atoms with van der Waals surface area (Å²) in [5.41, 5.74) is 5.31. The summed E-state index contributed by atoms with van der Waals surface area (Å²) in [5.74, 6) is 1.78. The van der Waals surface area contributed by atoms with Crippen molar-refractivity contribution < 1.29 is 4.79 Å². The normalized spacial score (nSPS) is 19.1. The molecule has 1 aromatic carbocycles. The molecule has 3 aromatic rings. The summed E-state index contributed by atoms with van der Waals surface area (Å²) >= 11 is 0. The van der Waals surface area contributed by atoms with Gasteiger partial charge >= 0.3 is 0 Å². The highest BCUT2D eigenvalue weighted by Crippen LogP contribution is 2.38. The maximum atomic E-state index is 12.4. The number of aromatic nitrogens is 4. The molecule has 1 aliphatic carbocycles. The number of carbonyl (C=O) groups excluding carboxylic acids is 1. The minimum absolute atomic E-state index is 0.0810. The van der Waals surface area contributed by atoms with Crippen molar-refractivity contribution in [2.24, 2.45) is 5.92 Å². The molecule has 184 valence electrons. The summed E-state index contributed by atoms with van der Waals surface area (Å²) in [6.07, 6.45) is 8.08. The Morgan fingerprint density at radius 2 is 1.69 bits per heavy atom. The van der Waals surface area contributed by atoms with Gasteiger partial charge < -0.3 is 5.32 Å². The third-order valence-electron chi connectivity index (χ3n) is 7.16. The molecule has 0 radical (unpaired) electrons. The summed E-state index contributed by atoms with van der Waals surface area (Å²) in [5, 5.41) is 20.8. The highest BCUT2D eigenvalue weighted by atomic mass is 16.1. The largest absolute Gasteiger partial charge is 0.309 e. The highest BCUT2D eigenvalue weighted by molar-refractivity contribution is 5.91. The van der Waals surface area contributed by atoms with Crippen molar-refractivity contribution >= 4 is 11.7 Å². The van der Waals surface area contributed by atoms with E-state index < -0.39 is 0 Å². The zero-order valence-corrected chi connectivity index (χ0v) is 21.2. The van der Waals surface area contributed by atoms with Gasteiger partial charge in [0, 0.05) is 11.8 Å². The van der Waals surface area contributed by atoms with Crippen molar-refractivity contribution in [3.05, 3.63) is 76.7 Å². The molecular weight excluding hydrogens is 434 g/mol. The molecule has 35 heavy (non-hydrogen) atoms. The van der Waals surface area contributed by atoms with Gasteiger partial charge in [0.2, 0.25) is 5.91 Å². The zero-order valence-electron chi connectivity index (χ0n) is 21.2. The van der Waals surface area contributed by atoms with Crippen LogP contribution in [0.25, 0.3) is 0 Å². The number of nitrogens with zero attached hydrogens (tertiary/aromatic N) is 4. The van der Waals surface area contributed by atoms with Gasteiger partial charge in [-0.1, -0.05) is 62.9 Å². The number of benzene rings is 1. The quantitative estimate of drug-likeness (QED) is 0.397. The van der Waals surface area contributed by atoms with Gasteiger partial charge in [-0.05, 0) is 68.4 Å². The summed E-state index contributed by atoms with van der Waals surface area (Å²) in [6, 6.07) is 16.2. The minimum Gasteiger partial charge on any atom is -0.309 e. The molecule has 4 rings (SSSR count). The molecule has 1 N–H and O–H groups in total. The second kappa shape index (κ2) is 12.0. The van der Waals surface area contributed by atoms with Crippen LogP contribution in [-0.2, 0) is 17.6 Å². The van der Waals surface area contributed by atoms with E-state index >= 15 is 0 Å². The van der Waals surface area contributed by atoms with Crippen LogP contribution >= 0.6 is 0 Å². The molecule has 2 heterocycles. The van der Waals surface area contributed by atoms with Crippen LogP contribution < -0.4 is 5.32 Å².